The summed E-state index contributed by atoms with van der Waals surface area (Å²) in [5.74, 6) is 2.59. The lowest BCUT2D eigenvalue weighted by Crippen LogP contribution is -2.67. The lowest BCUT2D eigenvalue weighted by Gasteiger charge is -2.68. The van der Waals surface area contributed by atoms with E-state index in [9.17, 15) is 4.79 Å². The number of fused-ring (bicyclic) bond motifs is 1. The highest BCUT2D eigenvalue weighted by molar-refractivity contribution is 5.98. The maximum atomic E-state index is 13.0. The first kappa shape index (κ1) is 20.7. The van der Waals surface area contributed by atoms with Crippen molar-refractivity contribution in [3.63, 3.8) is 0 Å². The number of carbonyl (C=O) groups excluding carboxylic acids is 1. The van der Waals surface area contributed by atoms with Gasteiger partial charge in [-0.2, -0.15) is 4.98 Å². The van der Waals surface area contributed by atoms with Crippen molar-refractivity contribution in [1.29, 1.82) is 0 Å². The third-order valence-corrected chi connectivity index (χ3v) is 8.37. The van der Waals surface area contributed by atoms with Gasteiger partial charge in [-0.15, -0.1) is 0 Å². The van der Waals surface area contributed by atoms with E-state index in [1.165, 1.54) is 18.4 Å². The van der Waals surface area contributed by atoms with Crippen LogP contribution in [0.1, 0.15) is 54.6 Å². The van der Waals surface area contributed by atoms with Crippen molar-refractivity contribution in [1.82, 2.24) is 24.8 Å². The molecule has 3 aliphatic carbocycles. The van der Waals surface area contributed by atoms with Gasteiger partial charge < -0.3 is 20.1 Å². The third-order valence-electron chi connectivity index (χ3n) is 8.37. The van der Waals surface area contributed by atoms with E-state index < -0.39 is 0 Å². The lowest BCUT2D eigenvalue weighted by molar-refractivity contribution is -0.160. The molecule has 1 aliphatic heterocycles. The van der Waals surface area contributed by atoms with Crippen LogP contribution < -0.4 is 10.6 Å². The van der Waals surface area contributed by atoms with Crippen LogP contribution in [0.4, 0.5) is 11.6 Å². The van der Waals surface area contributed by atoms with Crippen molar-refractivity contribution < 1.29 is 4.79 Å². The van der Waals surface area contributed by atoms with Crippen LogP contribution >= 0.6 is 0 Å². The Bertz CT molecular complexity index is 1200. The van der Waals surface area contributed by atoms with Crippen LogP contribution in [0, 0.1) is 11.8 Å². The Kier molecular flexibility index (Phi) is 4.73. The number of hydrogen-bond donors (Lipinski definition) is 2. The molecule has 2 N–H and O–H groups in total. The quantitative estimate of drug-likeness (QED) is 0.620. The van der Waals surface area contributed by atoms with E-state index in [0.29, 0.717) is 17.8 Å². The summed E-state index contributed by atoms with van der Waals surface area (Å²) in [5, 5.41) is 7.74. The second-order valence-corrected chi connectivity index (χ2v) is 10.4. The van der Waals surface area contributed by atoms with Gasteiger partial charge in [-0.05, 0) is 80.3 Å². The van der Waals surface area contributed by atoms with E-state index >= 15 is 0 Å². The Morgan fingerprint density at radius 2 is 1.91 bits per heavy atom. The monoisotopic (exact) mass is 444 g/mol. The number of benzene rings is 1. The van der Waals surface area contributed by atoms with Gasteiger partial charge in [0.15, 0.2) is 0 Å². The van der Waals surface area contributed by atoms with Crippen molar-refractivity contribution in [3.8, 4) is 0 Å². The number of hydrogen-bond acceptors (Lipinski definition) is 5. The minimum Gasteiger partial charge on any atom is -0.343 e. The van der Waals surface area contributed by atoms with Gasteiger partial charge in [-0.3, -0.25) is 4.79 Å². The molecule has 0 spiro atoms. The summed E-state index contributed by atoms with van der Waals surface area (Å²) in [6, 6.07) is 10.6. The number of amides is 1. The molecule has 3 heterocycles. The molecule has 1 amide bonds. The molecule has 0 unspecified atom stereocenters. The number of carbonyl (C=O) groups is 1. The van der Waals surface area contributed by atoms with Crippen molar-refractivity contribution in [2.75, 3.05) is 32.5 Å². The number of piperidine rings is 1. The Hall–Kier alpha value is -2.93. The highest BCUT2D eigenvalue weighted by Gasteiger charge is 2.65. The van der Waals surface area contributed by atoms with Crippen LogP contribution in [0.3, 0.4) is 0 Å². The molecule has 3 saturated carbocycles. The van der Waals surface area contributed by atoms with Gasteiger partial charge in [0, 0.05) is 31.4 Å². The Morgan fingerprint density at radius 1 is 1.18 bits per heavy atom. The first-order valence-electron chi connectivity index (χ1n) is 12.1. The lowest BCUT2D eigenvalue weighted by atomic mass is 9.42. The van der Waals surface area contributed by atoms with Gasteiger partial charge in [-0.25, -0.2) is 4.98 Å². The van der Waals surface area contributed by atoms with Gasteiger partial charge >= 0.3 is 0 Å². The summed E-state index contributed by atoms with van der Waals surface area (Å²) in [6.45, 7) is 4.49. The fourth-order valence-corrected chi connectivity index (χ4v) is 6.09. The molecule has 2 bridgehead atoms. The number of rotatable bonds is 5. The van der Waals surface area contributed by atoms with Crippen molar-refractivity contribution in [3.05, 3.63) is 47.8 Å². The van der Waals surface area contributed by atoms with Crippen molar-refractivity contribution >= 4 is 28.6 Å². The van der Waals surface area contributed by atoms with Crippen LogP contribution in [0.5, 0.6) is 0 Å². The standard InChI is InChI=1S/C26H32N6O/c1-16-20-13-26(16,14-20)32-22(24(33)31(2)3)12-19-15-28-25(30-23(19)32)29-21-6-4-17(5-7-21)18-8-10-27-11-9-18/h4-7,12,15-16,18,20,27H,8-11,13-14H2,1-3H3,(H,28,29,30)/t16-,20?,26?/m1/s1. The maximum absolute atomic E-state index is 13.0. The summed E-state index contributed by atoms with van der Waals surface area (Å²) in [7, 11) is 3.61. The molecule has 4 fully saturated rings. The fraction of sp³-hybridized carbons (Fsp3) is 0.500. The van der Waals surface area contributed by atoms with E-state index in [2.05, 4.69) is 51.4 Å². The van der Waals surface area contributed by atoms with E-state index in [1.54, 1.807) is 4.90 Å². The van der Waals surface area contributed by atoms with Crippen LogP contribution in [-0.4, -0.2) is 52.5 Å². The summed E-state index contributed by atoms with van der Waals surface area (Å²) in [6.07, 6.45) is 6.50. The zero-order chi connectivity index (χ0) is 22.7. The number of anilines is 2. The summed E-state index contributed by atoms with van der Waals surface area (Å²) in [4.78, 5) is 24.1. The maximum Gasteiger partial charge on any atom is 0.270 e. The average Bonchev–Trinajstić information content (AvgIpc) is 3.17. The molecule has 7 heteroatoms. The Labute approximate surface area is 194 Å². The molecule has 172 valence electrons. The second-order valence-electron chi connectivity index (χ2n) is 10.4. The Balaban J connectivity index is 1.32. The van der Waals surface area contributed by atoms with E-state index in [-0.39, 0.29) is 11.4 Å². The Morgan fingerprint density at radius 3 is 2.52 bits per heavy atom. The molecule has 33 heavy (non-hydrogen) atoms. The van der Waals surface area contributed by atoms with Gasteiger partial charge in [0.1, 0.15) is 11.3 Å². The summed E-state index contributed by atoms with van der Waals surface area (Å²) >= 11 is 0. The molecule has 1 atom stereocenters. The zero-order valence-corrected chi connectivity index (χ0v) is 19.6. The predicted molar refractivity (Wildman–Crippen MR) is 130 cm³/mol. The molecule has 7 nitrogen and oxygen atoms in total. The van der Waals surface area contributed by atoms with Crippen LogP contribution in [-0.2, 0) is 5.54 Å². The highest BCUT2D eigenvalue weighted by Crippen LogP contribution is 2.67. The smallest absolute Gasteiger partial charge is 0.270 e. The first-order valence-corrected chi connectivity index (χ1v) is 12.1. The summed E-state index contributed by atoms with van der Waals surface area (Å²) < 4.78 is 2.22. The molecule has 7 rings (SSSR count). The van der Waals surface area contributed by atoms with Gasteiger partial charge in [0.2, 0.25) is 5.95 Å². The van der Waals surface area contributed by atoms with Crippen molar-refractivity contribution in [2.24, 2.45) is 11.8 Å². The second kappa shape index (κ2) is 7.55. The normalized spacial score (nSPS) is 26.5. The molecule has 4 aliphatic rings. The third kappa shape index (κ3) is 3.16. The number of nitrogens with zero attached hydrogens (tertiary/aromatic N) is 4. The fourth-order valence-electron chi connectivity index (χ4n) is 6.09. The van der Waals surface area contributed by atoms with Crippen LogP contribution in [0.15, 0.2) is 36.5 Å². The molecule has 0 radical (unpaired) electrons. The first-order chi connectivity index (χ1) is 16.0. The molecular weight excluding hydrogens is 412 g/mol. The van der Waals surface area contributed by atoms with Crippen LogP contribution in [0.2, 0.25) is 0 Å². The van der Waals surface area contributed by atoms with E-state index in [0.717, 1.165) is 54.3 Å². The van der Waals surface area contributed by atoms with E-state index in [1.807, 2.05) is 26.4 Å². The van der Waals surface area contributed by atoms with Crippen LogP contribution in [0.25, 0.3) is 11.0 Å². The van der Waals surface area contributed by atoms with E-state index in [4.69, 9.17) is 4.98 Å². The largest absolute Gasteiger partial charge is 0.343 e. The highest BCUT2D eigenvalue weighted by atomic mass is 16.2. The van der Waals surface area contributed by atoms with Crippen molar-refractivity contribution in [2.45, 2.75) is 44.1 Å². The minimum absolute atomic E-state index is 0.0212. The predicted octanol–water partition coefficient (Wildman–Crippen LogP) is 4.10. The molecule has 1 aromatic carbocycles. The zero-order valence-electron chi connectivity index (χ0n) is 19.6. The molecule has 1 saturated heterocycles. The average molecular weight is 445 g/mol. The van der Waals surface area contributed by atoms with Gasteiger partial charge in [-0.1, -0.05) is 19.1 Å². The molecular formula is C26H32N6O. The number of nitrogens with one attached hydrogen (secondary N) is 2. The topological polar surface area (TPSA) is 75.1 Å². The molecule has 3 aromatic rings. The van der Waals surface area contributed by atoms with Gasteiger partial charge in [0.05, 0.1) is 5.54 Å². The molecule has 2 aromatic heterocycles. The van der Waals surface area contributed by atoms with Gasteiger partial charge in [0.25, 0.3) is 5.91 Å². The number of aromatic nitrogens is 3. The SMILES string of the molecule is C[C@@H]1C2CC1(n1c(C(=O)N(C)C)cc3cnc(Nc4ccc(C5CCNCC5)cc4)nc31)C2. The minimum atomic E-state index is 0.0212. The summed E-state index contributed by atoms with van der Waals surface area (Å²) in [5.41, 5.74) is 3.98.